The molecule has 0 N–H and O–H groups in total. The number of rotatable bonds is 4. The van der Waals surface area contributed by atoms with Crippen molar-refractivity contribution in [2.75, 3.05) is 7.11 Å². The lowest BCUT2D eigenvalue weighted by atomic mass is 9.87. The third-order valence-corrected chi connectivity index (χ3v) is 6.65. The lowest BCUT2D eigenvalue weighted by Gasteiger charge is -2.19. The van der Waals surface area contributed by atoms with Crippen molar-refractivity contribution < 1.29 is 4.74 Å². The Morgan fingerprint density at radius 3 is 2.18 bits per heavy atom. The number of methoxy groups -OCH3 is 1. The van der Waals surface area contributed by atoms with E-state index in [9.17, 15) is 4.79 Å². The fourth-order valence-corrected chi connectivity index (χ4v) is 5.19. The largest absolute Gasteiger partial charge is 0.497 e. The second-order valence-electron chi connectivity index (χ2n) is 8.48. The molecule has 0 amide bonds. The van der Waals surface area contributed by atoms with E-state index in [4.69, 9.17) is 4.74 Å². The Balaban J connectivity index is 1.73. The summed E-state index contributed by atoms with van der Waals surface area (Å²) < 4.78 is 7.55. The van der Waals surface area contributed by atoms with Crippen molar-refractivity contribution in [2.45, 2.75) is 12.5 Å². The number of fused-ring (bicyclic) bond motifs is 5. The summed E-state index contributed by atoms with van der Waals surface area (Å²) in [5, 5.41) is 1.78. The predicted octanol–water partition coefficient (Wildman–Crippen LogP) is 6.22. The van der Waals surface area contributed by atoms with Crippen molar-refractivity contribution in [2.24, 2.45) is 0 Å². The van der Waals surface area contributed by atoms with Gasteiger partial charge in [-0.1, -0.05) is 78.9 Å². The molecule has 160 valence electrons. The van der Waals surface area contributed by atoms with Gasteiger partial charge in [-0.15, -0.1) is 0 Å². The van der Waals surface area contributed by atoms with E-state index in [0.717, 1.165) is 33.3 Å². The topological polar surface area (TPSA) is 31.2 Å². The van der Waals surface area contributed by atoms with Crippen LogP contribution in [0, 0.1) is 0 Å². The molecular formula is C30H23NO2. The summed E-state index contributed by atoms with van der Waals surface area (Å²) in [6.45, 7) is 0.528. The summed E-state index contributed by atoms with van der Waals surface area (Å²) in [5.41, 5.74) is 6.83. The molecular weight excluding hydrogens is 406 g/mol. The number of aromatic nitrogens is 1. The Morgan fingerprint density at radius 2 is 1.45 bits per heavy atom. The van der Waals surface area contributed by atoms with Crippen LogP contribution in [-0.2, 0) is 6.54 Å². The van der Waals surface area contributed by atoms with E-state index in [1.165, 1.54) is 16.7 Å². The van der Waals surface area contributed by atoms with Crippen LogP contribution >= 0.6 is 0 Å². The fraction of sp³-hybridized carbons (Fsp3) is 0.100. The molecule has 1 aliphatic rings. The number of ether oxygens (including phenoxy) is 1. The van der Waals surface area contributed by atoms with Gasteiger partial charge in [-0.3, -0.25) is 4.79 Å². The van der Waals surface area contributed by atoms with Crippen LogP contribution in [0.1, 0.15) is 28.2 Å². The third kappa shape index (κ3) is 3.08. The Hall–Kier alpha value is -4.11. The average Bonchev–Trinajstić information content (AvgIpc) is 3.22. The summed E-state index contributed by atoms with van der Waals surface area (Å²) in [7, 11) is 1.70. The number of benzene rings is 4. The van der Waals surface area contributed by atoms with Crippen molar-refractivity contribution in [3.8, 4) is 17.0 Å². The van der Waals surface area contributed by atoms with Gasteiger partial charge in [-0.05, 0) is 51.9 Å². The van der Waals surface area contributed by atoms with Crippen molar-refractivity contribution in [1.29, 1.82) is 0 Å². The summed E-state index contributed by atoms with van der Waals surface area (Å²) in [4.78, 5) is 13.8. The molecule has 5 aromatic rings. The zero-order valence-corrected chi connectivity index (χ0v) is 18.4. The maximum atomic E-state index is 13.8. The molecule has 0 bridgehead atoms. The maximum Gasteiger partial charge on any atom is 0.259 e. The highest BCUT2D eigenvalue weighted by Crippen LogP contribution is 2.50. The Morgan fingerprint density at radius 1 is 0.788 bits per heavy atom. The van der Waals surface area contributed by atoms with Gasteiger partial charge in [0.15, 0.2) is 0 Å². The van der Waals surface area contributed by atoms with Crippen LogP contribution in [0.2, 0.25) is 0 Å². The quantitative estimate of drug-likeness (QED) is 0.333. The summed E-state index contributed by atoms with van der Waals surface area (Å²) >= 11 is 0. The molecule has 0 radical (unpaired) electrons. The van der Waals surface area contributed by atoms with Gasteiger partial charge < -0.3 is 9.30 Å². The van der Waals surface area contributed by atoms with Gasteiger partial charge in [-0.25, -0.2) is 0 Å². The molecule has 33 heavy (non-hydrogen) atoms. The predicted molar refractivity (Wildman–Crippen MR) is 133 cm³/mol. The molecule has 4 aromatic carbocycles. The fourth-order valence-electron chi connectivity index (χ4n) is 5.19. The van der Waals surface area contributed by atoms with E-state index in [-0.39, 0.29) is 11.5 Å². The Labute approximate surface area is 192 Å². The minimum absolute atomic E-state index is 0.0267. The molecule has 6 rings (SSSR count). The number of nitrogens with zero attached hydrogens (tertiary/aromatic N) is 1. The molecule has 0 spiro atoms. The van der Waals surface area contributed by atoms with Gasteiger partial charge in [0.2, 0.25) is 0 Å². The second-order valence-corrected chi connectivity index (χ2v) is 8.48. The lowest BCUT2D eigenvalue weighted by molar-refractivity contribution is 0.414. The van der Waals surface area contributed by atoms with Crippen LogP contribution in [0.25, 0.3) is 22.0 Å². The highest BCUT2D eigenvalue weighted by molar-refractivity contribution is 5.95. The first-order valence-electron chi connectivity index (χ1n) is 11.2. The highest BCUT2D eigenvalue weighted by Gasteiger charge is 2.35. The zero-order valence-electron chi connectivity index (χ0n) is 18.4. The van der Waals surface area contributed by atoms with E-state index >= 15 is 0 Å². The molecule has 1 unspecified atom stereocenters. The van der Waals surface area contributed by atoms with Crippen LogP contribution in [0.3, 0.4) is 0 Å². The minimum Gasteiger partial charge on any atom is -0.497 e. The standard InChI is InChI=1S/C30H23NO2/c1-33-22-16-17-24-26(18-22)27(21-12-6-3-7-13-21)28-23-14-8-9-15-25(23)30(32)31(29(24)28)19-20-10-4-2-5-11-20/h2-18,27H,19H2,1H3. The average molecular weight is 430 g/mol. The van der Waals surface area contributed by atoms with Crippen LogP contribution in [-0.4, -0.2) is 11.7 Å². The van der Waals surface area contributed by atoms with E-state index < -0.39 is 0 Å². The lowest BCUT2D eigenvalue weighted by Crippen LogP contribution is -2.23. The van der Waals surface area contributed by atoms with Crippen LogP contribution in [0.15, 0.2) is 108 Å². The van der Waals surface area contributed by atoms with Crippen molar-refractivity contribution in [3.63, 3.8) is 0 Å². The molecule has 3 nitrogen and oxygen atoms in total. The van der Waals surface area contributed by atoms with Gasteiger partial charge in [0.25, 0.3) is 5.56 Å². The number of hydrogen-bond acceptors (Lipinski definition) is 2. The van der Waals surface area contributed by atoms with Crippen molar-refractivity contribution in [1.82, 2.24) is 4.57 Å². The first-order chi connectivity index (χ1) is 16.3. The van der Waals surface area contributed by atoms with E-state index in [1.807, 2.05) is 53.1 Å². The zero-order chi connectivity index (χ0) is 22.4. The maximum absolute atomic E-state index is 13.8. The van der Waals surface area contributed by atoms with Crippen molar-refractivity contribution >= 4 is 10.8 Å². The first kappa shape index (κ1) is 19.6. The van der Waals surface area contributed by atoms with Crippen molar-refractivity contribution in [3.05, 3.63) is 136 Å². The molecule has 0 aliphatic heterocycles. The number of pyridine rings is 1. The molecule has 1 aromatic heterocycles. The first-order valence-corrected chi connectivity index (χ1v) is 11.2. The molecule has 1 aliphatic carbocycles. The minimum atomic E-state index is 0.0267. The molecule has 1 atom stereocenters. The number of hydrogen-bond donors (Lipinski definition) is 0. The molecule has 3 heteroatoms. The molecule has 0 fully saturated rings. The third-order valence-electron chi connectivity index (χ3n) is 6.65. The van der Waals surface area contributed by atoms with Gasteiger partial charge in [-0.2, -0.15) is 0 Å². The summed E-state index contributed by atoms with van der Waals surface area (Å²) in [6, 6.07) is 35.0. The molecule has 0 saturated carbocycles. The Bertz CT molecular complexity index is 1540. The normalized spacial score (nSPS) is 14.2. The Kier molecular flexibility index (Phi) is 4.62. The van der Waals surface area contributed by atoms with E-state index in [1.54, 1.807) is 7.11 Å². The molecule has 1 heterocycles. The van der Waals surface area contributed by atoms with E-state index in [0.29, 0.717) is 6.54 Å². The monoisotopic (exact) mass is 429 g/mol. The molecule has 0 saturated heterocycles. The van der Waals surface area contributed by atoms with Gasteiger partial charge in [0, 0.05) is 16.9 Å². The summed E-state index contributed by atoms with van der Waals surface area (Å²) in [6.07, 6.45) is 0. The SMILES string of the molecule is COc1ccc2c(c1)C(c1ccccc1)c1c-2n(Cc2ccccc2)c(=O)c2ccccc12. The van der Waals surface area contributed by atoms with Crippen LogP contribution in [0.4, 0.5) is 0 Å². The second kappa shape index (κ2) is 7.79. The van der Waals surface area contributed by atoms with Gasteiger partial charge in [0.05, 0.1) is 19.3 Å². The highest BCUT2D eigenvalue weighted by atomic mass is 16.5. The van der Waals surface area contributed by atoms with Gasteiger partial charge in [0.1, 0.15) is 5.75 Å². The van der Waals surface area contributed by atoms with Crippen LogP contribution in [0.5, 0.6) is 5.75 Å². The van der Waals surface area contributed by atoms with Gasteiger partial charge >= 0.3 is 0 Å². The summed E-state index contributed by atoms with van der Waals surface area (Å²) in [5.74, 6) is 0.850. The van der Waals surface area contributed by atoms with Crippen LogP contribution < -0.4 is 10.3 Å². The smallest absolute Gasteiger partial charge is 0.259 e. The van der Waals surface area contributed by atoms with E-state index in [2.05, 4.69) is 54.6 Å².